The Hall–Kier alpha value is -2.38. The van der Waals surface area contributed by atoms with E-state index >= 15 is 0 Å². The number of benzene rings is 2. The number of hydrogen-bond donors (Lipinski definition) is 1. The molecule has 0 amide bonds. The molecule has 2 heterocycles. The van der Waals surface area contributed by atoms with Gasteiger partial charge < -0.3 is 5.32 Å². The summed E-state index contributed by atoms with van der Waals surface area (Å²) in [5.74, 6) is 3.13. The number of hydrogen-bond acceptors (Lipinski definition) is 5. The smallest absolute Gasteiger partial charge is 0.266 e. The van der Waals surface area contributed by atoms with Crippen LogP contribution in [0, 0.1) is 29.1 Å². The van der Waals surface area contributed by atoms with Crippen LogP contribution < -0.4 is 9.62 Å². The molecule has 8 rings (SSSR count). The number of fused-ring (bicyclic) bond motifs is 2. The van der Waals surface area contributed by atoms with Gasteiger partial charge in [0, 0.05) is 12.0 Å². The summed E-state index contributed by atoms with van der Waals surface area (Å²) in [6, 6.07) is 14.8. The lowest BCUT2D eigenvalue weighted by molar-refractivity contribution is -0.145. The van der Waals surface area contributed by atoms with Gasteiger partial charge in [0.15, 0.2) is 5.78 Å². The van der Waals surface area contributed by atoms with Crippen molar-refractivity contribution in [3.8, 4) is 0 Å². The number of likely N-dealkylation sites (tertiary alicyclic amines) is 1. The molecule has 2 aromatic carbocycles. The highest BCUT2D eigenvalue weighted by Gasteiger charge is 2.54. The van der Waals surface area contributed by atoms with Crippen LogP contribution in [-0.2, 0) is 14.8 Å². The molecule has 37 heavy (non-hydrogen) atoms. The predicted octanol–water partition coefficient (Wildman–Crippen LogP) is 5.44. The van der Waals surface area contributed by atoms with Crippen LogP contribution in [0.25, 0.3) is 0 Å². The van der Waals surface area contributed by atoms with Crippen LogP contribution in [0.1, 0.15) is 51.4 Å². The zero-order valence-corrected chi connectivity index (χ0v) is 22.3. The molecule has 4 aliphatic carbocycles. The first-order valence-electron chi connectivity index (χ1n) is 14.1. The van der Waals surface area contributed by atoms with E-state index in [1.807, 2.05) is 36.4 Å². The second-order valence-corrected chi connectivity index (χ2v) is 14.3. The van der Waals surface area contributed by atoms with Crippen molar-refractivity contribution in [2.45, 2.75) is 56.3 Å². The fourth-order valence-corrected chi connectivity index (χ4v) is 10.3. The van der Waals surface area contributed by atoms with Gasteiger partial charge in [-0.3, -0.25) is 14.0 Å². The number of carbonyl (C=O) groups is 1. The quantitative estimate of drug-likeness (QED) is 0.570. The zero-order valence-electron chi connectivity index (χ0n) is 21.4. The minimum Gasteiger partial charge on any atom is -0.353 e. The third-order valence-corrected chi connectivity index (χ3v) is 11.9. The molecule has 0 aromatic heterocycles. The third-order valence-electron chi connectivity index (χ3n) is 10.0. The summed E-state index contributed by atoms with van der Waals surface area (Å²) in [6.07, 6.45) is 9.32. The number of Topliss-reactive ketones (excluding diaryl/α,β-unsaturated/α-hetero) is 1. The van der Waals surface area contributed by atoms with E-state index in [1.54, 1.807) is 16.4 Å². The van der Waals surface area contributed by atoms with Crippen molar-refractivity contribution in [2.24, 2.45) is 29.1 Å². The lowest BCUT2D eigenvalue weighted by Crippen LogP contribution is -2.53. The Morgan fingerprint density at radius 2 is 1.46 bits per heavy atom. The van der Waals surface area contributed by atoms with Crippen LogP contribution in [0.3, 0.4) is 0 Å². The molecule has 6 aliphatic rings. The van der Waals surface area contributed by atoms with Gasteiger partial charge in [-0.25, -0.2) is 8.42 Å². The normalized spacial score (nSPS) is 32.3. The summed E-state index contributed by atoms with van der Waals surface area (Å²) >= 11 is 0. The Bertz CT molecular complexity index is 1280. The summed E-state index contributed by atoms with van der Waals surface area (Å²) in [6.45, 7) is 2.79. The molecule has 7 heteroatoms. The molecule has 6 nitrogen and oxygen atoms in total. The Labute approximate surface area is 220 Å². The number of para-hydroxylation sites is 3. The van der Waals surface area contributed by atoms with Crippen molar-refractivity contribution in [3.63, 3.8) is 0 Å². The highest BCUT2D eigenvalue weighted by Crippen LogP contribution is 2.60. The third kappa shape index (κ3) is 4.09. The highest BCUT2D eigenvalue weighted by atomic mass is 32.2. The minimum atomic E-state index is -3.69. The number of carbonyl (C=O) groups excluding carboxylic acids is 1. The Morgan fingerprint density at radius 1 is 0.865 bits per heavy atom. The van der Waals surface area contributed by atoms with Gasteiger partial charge >= 0.3 is 0 Å². The van der Waals surface area contributed by atoms with Gasteiger partial charge in [-0.2, -0.15) is 0 Å². The summed E-state index contributed by atoms with van der Waals surface area (Å²) < 4.78 is 29.2. The van der Waals surface area contributed by atoms with Crippen LogP contribution in [0.2, 0.25) is 0 Å². The Kier molecular flexibility index (Phi) is 5.67. The summed E-state index contributed by atoms with van der Waals surface area (Å²) in [4.78, 5) is 16.3. The van der Waals surface area contributed by atoms with E-state index in [-0.39, 0.29) is 11.3 Å². The SMILES string of the molecule is O=C(CN1CCC(CN2c3ccccc3Nc3ccccc3S2(=O)=O)CC1)C12CC3CC(CC(C3)C1)C2. The average Bonchev–Trinajstić information content (AvgIpc) is 2.97. The lowest BCUT2D eigenvalue weighted by atomic mass is 9.48. The number of anilines is 3. The van der Waals surface area contributed by atoms with Crippen molar-refractivity contribution < 1.29 is 13.2 Å². The number of sulfonamides is 1. The second-order valence-electron chi connectivity index (χ2n) is 12.5. The molecule has 5 fully saturated rings. The van der Waals surface area contributed by atoms with Crippen molar-refractivity contribution in [3.05, 3.63) is 48.5 Å². The fourth-order valence-electron chi connectivity index (χ4n) is 8.57. The largest absolute Gasteiger partial charge is 0.353 e. The van der Waals surface area contributed by atoms with Crippen LogP contribution in [0.5, 0.6) is 0 Å². The van der Waals surface area contributed by atoms with Gasteiger partial charge in [-0.15, -0.1) is 0 Å². The number of ketones is 1. The molecule has 2 aromatic rings. The maximum absolute atomic E-state index is 13.8. The van der Waals surface area contributed by atoms with Crippen molar-refractivity contribution in [2.75, 3.05) is 35.8 Å². The van der Waals surface area contributed by atoms with Gasteiger partial charge in [0.1, 0.15) is 4.90 Å². The van der Waals surface area contributed by atoms with Gasteiger partial charge in [-0.05, 0) is 112 Å². The van der Waals surface area contributed by atoms with E-state index < -0.39 is 10.0 Å². The molecule has 2 aliphatic heterocycles. The maximum Gasteiger partial charge on any atom is 0.266 e. The first-order valence-corrected chi connectivity index (χ1v) is 15.6. The summed E-state index contributed by atoms with van der Waals surface area (Å²) in [5, 5.41) is 3.34. The van der Waals surface area contributed by atoms with E-state index in [4.69, 9.17) is 0 Å². The van der Waals surface area contributed by atoms with Crippen LogP contribution in [0.15, 0.2) is 53.4 Å². The first-order chi connectivity index (χ1) is 17.9. The number of piperidine rings is 1. The van der Waals surface area contributed by atoms with Gasteiger partial charge in [-0.1, -0.05) is 24.3 Å². The van der Waals surface area contributed by atoms with Crippen LogP contribution >= 0.6 is 0 Å². The van der Waals surface area contributed by atoms with Crippen LogP contribution in [0.4, 0.5) is 17.1 Å². The number of nitrogens with zero attached hydrogens (tertiary/aromatic N) is 2. The molecule has 4 bridgehead atoms. The van der Waals surface area contributed by atoms with Gasteiger partial charge in [0.2, 0.25) is 0 Å². The van der Waals surface area contributed by atoms with E-state index in [2.05, 4.69) is 10.2 Å². The molecule has 196 valence electrons. The first kappa shape index (κ1) is 23.7. The molecular weight excluding hydrogens is 482 g/mol. The molecule has 1 saturated heterocycles. The van der Waals surface area contributed by atoms with E-state index in [9.17, 15) is 13.2 Å². The van der Waals surface area contributed by atoms with E-state index in [0.717, 1.165) is 68.6 Å². The summed E-state index contributed by atoms with van der Waals surface area (Å²) in [5.41, 5.74) is 2.11. The molecule has 0 spiro atoms. The standard InChI is InChI=1S/C30H37N3O3S/c34-29(30-16-22-13-23(17-30)15-24(14-22)18-30)20-32-11-9-21(10-12-32)19-33-27-7-3-1-5-25(27)31-26-6-2-4-8-28(26)37(33,35)36/h1-8,21-24,31H,9-20H2. The van der Waals surface area contributed by atoms with Crippen molar-refractivity contribution >= 4 is 32.9 Å². The monoisotopic (exact) mass is 519 g/mol. The minimum absolute atomic E-state index is 0.0319. The lowest BCUT2D eigenvalue weighted by Gasteiger charge is -2.56. The van der Waals surface area contributed by atoms with Crippen LogP contribution in [-0.4, -0.2) is 45.3 Å². The zero-order chi connectivity index (χ0) is 25.2. The van der Waals surface area contributed by atoms with Crippen molar-refractivity contribution in [1.29, 1.82) is 0 Å². The highest BCUT2D eigenvalue weighted by molar-refractivity contribution is 7.93. The summed E-state index contributed by atoms with van der Waals surface area (Å²) in [7, 11) is -3.69. The van der Waals surface area contributed by atoms with Crippen molar-refractivity contribution in [1.82, 2.24) is 4.90 Å². The Balaban J connectivity index is 1.04. The maximum atomic E-state index is 13.8. The Morgan fingerprint density at radius 3 is 2.14 bits per heavy atom. The molecule has 4 saturated carbocycles. The van der Waals surface area contributed by atoms with Gasteiger partial charge in [0.05, 0.1) is 23.6 Å². The van der Waals surface area contributed by atoms with Gasteiger partial charge in [0.25, 0.3) is 10.0 Å². The predicted molar refractivity (Wildman–Crippen MR) is 145 cm³/mol. The average molecular weight is 520 g/mol. The van der Waals surface area contributed by atoms with E-state index in [1.165, 1.54) is 19.3 Å². The number of rotatable bonds is 5. The second kappa shape index (κ2) is 8.84. The molecule has 0 unspecified atom stereocenters. The molecular formula is C30H37N3O3S. The van der Waals surface area contributed by atoms with E-state index in [0.29, 0.717) is 35.1 Å². The topological polar surface area (TPSA) is 69.7 Å². The molecule has 0 radical (unpaired) electrons. The molecule has 0 atom stereocenters. The fraction of sp³-hybridized carbons (Fsp3) is 0.567. The number of nitrogens with one attached hydrogen (secondary N) is 1. The molecule has 1 N–H and O–H groups in total.